The highest BCUT2D eigenvalue weighted by atomic mass is 35.5. The van der Waals surface area contributed by atoms with Crippen LogP contribution in [0.1, 0.15) is 0 Å². The summed E-state index contributed by atoms with van der Waals surface area (Å²) in [7, 11) is -0.628. The van der Waals surface area contributed by atoms with Crippen molar-refractivity contribution >= 4 is 24.8 Å². The van der Waals surface area contributed by atoms with Crippen LogP contribution in [0.25, 0.3) is 0 Å². The zero-order chi connectivity index (χ0) is 10.0. The van der Waals surface area contributed by atoms with Gasteiger partial charge in [0, 0.05) is 19.1 Å². The minimum Gasteiger partial charge on any atom is -0.481 e. The van der Waals surface area contributed by atoms with Crippen molar-refractivity contribution in [3.05, 3.63) is 0 Å². The van der Waals surface area contributed by atoms with Gasteiger partial charge in [-0.1, -0.05) is 0 Å². The van der Waals surface area contributed by atoms with Gasteiger partial charge in [-0.15, -0.1) is 0 Å². The van der Waals surface area contributed by atoms with Gasteiger partial charge in [0.15, 0.2) is 0 Å². The predicted octanol–water partition coefficient (Wildman–Crippen LogP) is -0.775. The van der Waals surface area contributed by atoms with Gasteiger partial charge in [-0.05, 0) is 18.6 Å². The zero-order valence-corrected chi connectivity index (χ0v) is 8.03. The molecule has 0 aromatic carbocycles. The van der Waals surface area contributed by atoms with Crippen molar-refractivity contribution in [3.8, 4) is 0 Å². The number of hydrogen-bond donors (Lipinski definition) is 3. The summed E-state index contributed by atoms with van der Waals surface area (Å²) in [6, 6.07) is -0.297. The summed E-state index contributed by atoms with van der Waals surface area (Å²) in [5.41, 5.74) is 0. The molecule has 1 unspecified atom stereocenters. The molecule has 3 N–H and O–H groups in total. The Morgan fingerprint density at radius 1 is 1.69 bits per heavy atom. The Hall–Kier alpha value is -0.295. The largest absolute Gasteiger partial charge is 0.481 e. The van der Waals surface area contributed by atoms with Gasteiger partial charge in [0.05, 0.1) is 5.92 Å². The normalized spacial score (nSPS) is 29.2. The van der Waals surface area contributed by atoms with Gasteiger partial charge < -0.3 is 14.9 Å². The molecule has 5 nitrogen and oxygen atoms in total. The lowest BCUT2D eigenvalue weighted by molar-refractivity contribution is -0.141. The van der Waals surface area contributed by atoms with Crippen LogP contribution in [0.5, 0.6) is 0 Å². The standard InChI is InChI=1S/C6H12BClN2O3/c1-7(13)10-2-4(6(11)12)5(3-10)9-8/h4-5,9,13H,2-3H2,1H3,(H,11,12)/t4-,5?/m1/s1. The Kier molecular flexibility index (Phi) is 3.55. The monoisotopic (exact) mass is 206 g/mol. The van der Waals surface area contributed by atoms with Crippen molar-refractivity contribution in [1.82, 2.24) is 9.65 Å². The number of carbonyl (C=O) groups is 1. The molecule has 2 atom stereocenters. The van der Waals surface area contributed by atoms with E-state index in [0.29, 0.717) is 13.1 Å². The molecule has 1 rings (SSSR count). The fraction of sp³-hybridized carbons (Fsp3) is 0.833. The van der Waals surface area contributed by atoms with Gasteiger partial charge in [-0.2, -0.15) is 0 Å². The van der Waals surface area contributed by atoms with E-state index >= 15 is 0 Å². The second kappa shape index (κ2) is 4.28. The Bertz CT molecular complexity index is 204. The molecular weight excluding hydrogens is 194 g/mol. The van der Waals surface area contributed by atoms with Crippen LogP contribution >= 0.6 is 11.8 Å². The van der Waals surface area contributed by atoms with Crippen LogP contribution in [0.15, 0.2) is 0 Å². The molecule has 0 radical (unpaired) electrons. The van der Waals surface area contributed by atoms with Crippen LogP contribution < -0.4 is 4.84 Å². The number of nitrogens with zero attached hydrogens (tertiary/aromatic N) is 1. The molecule has 13 heavy (non-hydrogen) atoms. The molecule has 1 saturated heterocycles. The minimum absolute atomic E-state index is 0.297. The number of rotatable bonds is 3. The molecule has 0 saturated carbocycles. The van der Waals surface area contributed by atoms with Crippen LogP contribution in [0.3, 0.4) is 0 Å². The number of aliphatic carboxylic acids is 1. The highest BCUT2D eigenvalue weighted by molar-refractivity contribution is 6.45. The predicted molar refractivity (Wildman–Crippen MR) is 49.3 cm³/mol. The maximum atomic E-state index is 10.7. The first-order chi connectivity index (χ1) is 6.06. The first-order valence-corrected chi connectivity index (χ1v) is 4.45. The summed E-state index contributed by atoms with van der Waals surface area (Å²) in [6.07, 6.45) is 0. The molecule has 1 aliphatic rings. The highest BCUT2D eigenvalue weighted by Gasteiger charge is 2.39. The summed E-state index contributed by atoms with van der Waals surface area (Å²) in [4.78, 5) is 14.8. The van der Waals surface area contributed by atoms with Crippen LogP contribution in [-0.4, -0.2) is 47.1 Å². The van der Waals surface area contributed by atoms with Crippen molar-refractivity contribution < 1.29 is 14.9 Å². The van der Waals surface area contributed by atoms with E-state index in [2.05, 4.69) is 4.84 Å². The average molecular weight is 206 g/mol. The van der Waals surface area contributed by atoms with Crippen LogP contribution in [0.4, 0.5) is 0 Å². The van der Waals surface area contributed by atoms with E-state index < -0.39 is 18.9 Å². The third-order valence-electron chi connectivity index (χ3n) is 2.33. The smallest absolute Gasteiger partial charge is 0.376 e. The Morgan fingerprint density at radius 2 is 2.31 bits per heavy atom. The summed E-state index contributed by atoms with van der Waals surface area (Å²) in [5.74, 6) is -1.44. The topological polar surface area (TPSA) is 72.8 Å². The van der Waals surface area contributed by atoms with Gasteiger partial charge in [-0.3, -0.25) is 4.79 Å². The van der Waals surface area contributed by atoms with Crippen LogP contribution in [0, 0.1) is 5.92 Å². The summed E-state index contributed by atoms with van der Waals surface area (Å²) < 4.78 is 0. The maximum absolute atomic E-state index is 10.7. The van der Waals surface area contributed by atoms with Crippen molar-refractivity contribution in [2.45, 2.75) is 12.9 Å². The number of halogens is 1. The third-order valence-corrected chi connectivity index (χ3v) is 2.61. The van der Waals surface area contributed by atoms with Crippen molar-refractivity contribution in [2.75, 3.05) is 13.1 Å². The molecule has 7 heteroatoms. The number of carboxylic acid groups (broad SMARTS) is 1. The Morgan fingerprint density at radius 3 is 2.62 bits per heavy atom. The molecular formula is C6H12BClN2O3. The summed E-state index contributed by atoms with van der Waals surface area (Å²) in [6.45, 7) is 2.39. The maximum Gasteiger partial charge on any atom is 0.376 e. The van der Waals surface area contributed by atoms with Crippen LogP contribution in [-0.2, 0) is 4.79 Å². The quantitative estimate of drug-likeness (QED) is 0.418. The first-order valence-electron chi connectivity index (χ1n) is 4.07. The van der Waals surface area contributed by atoms with E-state index in [9.17, 15) is 9.82 Å². The summed E-state index contributed by atoms with van der Waals surface area (Å²) >= 11 is 5.39. The highest BCUT2D eigenvalue weighted by Crippen LogP contribution is 2.18. The van der Waals surface area contributed by atoms with Gasteiger partial charge in [0.2, 0.25) is 0 Å². The fourth-order valence-corrected chi connectivity index (χ4v) is 1.72. The van der Waals surface area contributed by atoms with Crippen molar-refractivity contribution in [1.29, 1.82) is 0 Å². The van der Waals surface area contributed by atoms with E-state index in [1.54, 1.807) is 11.6 Å². The van der Waals surface area contributed by atoms with E-state index in [4.69, 9.17) is 16.9 Å². The summed E-state index contributed by atoms with van der Waals surface area (Å²) in [5, 5.41) is 18.0. The van der Waals surface area contributed by atoms with Gasteiger partial charge in [-0.25, -0.2) is 4.84 Å². The first kappa shape index (κ1) is 10.8. The molecule has 0 aliphatic carbocycles. The fourth-order valence-electron chi connectivity index (χ4n) is 1.50. The number of carboxylic acids is 1. The molecule has 0 aromatic rings. The average Bonchev–Trinajstić information content (AvgIpc) is 2.47. The Balaban J connectivity index is 2.61. The van der Waals surface area contributed by atoms with E-state index in [1.807, 2.05) is 0 Å². The SMILES string of the molecule is CB(O)N1CC(NCl)[C@H](C(=O)O)C1. The molecule has 1 fully saturated rings. The second-order valence-corrected chi connectivity index (χ2v) is 3.46. The lowest BCUT2D eigenvalue weighted by Gasteiger charge is -2.14. The van der Waals surface area contributed by atoms with Gasteiger partial charge in [0.25, 0.3) is 0 Å². The third kappa shape index (κ3) is 2.34. The van der Waals surface area contributed by atoms with Crippen molar-refractivity contribution in [3.63, 3.8) is 0 Å². The number of nitrogens with one attached hydrogen (secondary N) is 1. The zero-order valence-electron chi connectivity index (χ0n) is 7.27. The van der Waals surface area contributed by atoms with Crippen molar-refractivity contribution in [2.24, 2.45) is 5.92 Å². The van der Waals surface area contributed by atoms with E-state index in [0.717, 1.165) is 0 Å². The molecule has 0 amide bonds. The van der Waals surface area contributed by atoms with Gasteiger partial charge in [0.1, 0.15) is 0 Å². The molecule has 0 bridgehead atoms. The molecule has 1 heterocycles. The van der Waals surface area contributed by atoms with E-state index in [1.165, 1.54) is 0 Å². The Labute approximate surface area is 81.9 Å². The number of hydrogen-bond acceptors (Lipinski definition) is 4. The molecule has 74 valence electrons. The second-order valence-electron chi connectivity index (χ2n) is 3.25. The lowest BCUT2D eigenvalue weighted by atomic mass is 9.86. The lowest BCUT2D eigenvalue weighted by Crippen LogP contribution is -2.37. The molecule has 0 aromatic heterocycles. The molecule has 0 spiro atoms. The minimum atomic E-state index is -0.888. The van der Waals surface area contributed by atoms with E-state index in [-0.39, 0.29) is 6.04 Å². The molecule has 1 aliphatic heterocycles. The van der Waals surface area contributed by atoms with Gasteiger partial charge >= 0.3 is 13.0 Å². The van der Waals surface area contributed by atoms with Crippen LogP contribution in [0.2, 0.25) is 6.82 Å².